The number of anilines is 1. The normalized spacial score (nSPS) is 10.8. The molecule has 0 saturated carbocycles. The average Bonchev–Trinajstić information content (AvgIpc) is 2.83. The molecule has 122 valence electrons. The molecule has 9 heteroatoms. The number of nitro benzene ring substituents is 1. The fourth-order valence-corrected chi connectivity index (χ4v) is 2.35. The Hall–Kier alpha value is -3.36. The summed E-state index contributed by atoms with van der Waals surface area (Å²) in [5.41, 5.74) is 0.937. The van der Waals surface area contributed by atoms with Crippen molar-refractivity contribution >= 4 is 28.3 Å². The zero-order valence-corrected chi connectivity index (χ0v) is 12.8. The molecule has 8 nitrogen and oxygen atoms in total. The fourth-order valence-electron chi connectivity index (χ4n) is 2.35. The van der Waals surface area contributed by atoms with Crippen LogP contribution in [0.4, 0.5) is 15.8 Å². The van der Waals surface area contributed by atoms with Crippen LogP contribution in [0, 0.1) is 22.9 Å². The Kier molecular flexibility index (Phi) is 3.68. The summed E-state index contributed by atoms with van der Waals surface area (Å²) in [6.07, 6.45) is 1.34. The quantitative estimate of drug-likeness (QED) is 0.587. The van der Waals surface area contributed by atoms with Gasteiger partial charge in [-0.2, -0.15) is 5.10 Å². The van der Waals surface area contributed by atoms with Crippen LogP contribution in [0.2, 0.25) is 0 Å². The third-order valence-electron chi connectivity index (χ3n) is 3.53. The van der Waals surface area contributed by atoms with Crippen LogP contribution in [0.5, 0.6) is 0 Å². The van der Waals surface area contributed by atoms with Gasteiger partial charge >= 0.3 is 0 Å². The highest BCUT2D eigenvalue weighted by atomic mass is 19.1. The standard InChI is InChI=1S/C15H12FN5O3/c1-8-11-5-9(7-17-14(11)20(2)19-8)15(22)18-13-6-10(21(23)24)3-4-12(13)16/h3-7H,1-2H3,(H,18,22). The van der Waals surface area contributed by atoms with Gasteiger partial charge in [-0.25, -0.2) is 9.37 Å². The molecule has 2 aromatic heterocycles. The topological polar surface area (TPSA) is 103 Å². The van der Waals surface area contributed by atoms with Crippen molar-refractivity contribution in [2.75, 3.05) is 5.32 Å². The van der Waals surface area contributed by atoms with Gasteiger partial charge in [0.25, 0.3) is 11.6 Å². The number of nitro groups is 1. The lowest BCUT2D eigenvalue weighted by molar-refractivity contribution is -0.384. The molecule has 3 rings (SSSR count). The average molecular weight is 329 g/mol. The Morgan fingerprint density at radius 2 is 2.12 bits per heavy atom. The number of hydrogen-bond donors (Lipinski definition) is 1. The molecule has 0 radical (unpaired) electrons. The van der Waals surface area contributed by atoms with Crippen LogP contribution < -0.4 is 5.32 Å². The van der Waals surface area contributed by atoms with Crippen LogP contribution in [0.25, 0.3) is 11.0 Å². The molecule has 0 atom stereocenters. The third-order valence-corrected chi connectivity index (χ3v) is 3.53. The lowest BCUT2D eigenvalue weighted by Crippen LogP contribution is -2.13. The Morgan fingerprint density at radius 1 is 1.38 bits per heavy atom. The number of hydrogen-bond acceptors (Lipinski definition) is 5. The van der Waals surface area contributed by atoms with Gasteiger partial charge in [0.2, 0.25) is 0 Å². The number of benzene rings is 1. The van der Waals surface area contributed by atoms with Crippen molar-refractivity contribution in [3.8, 4) is 0 Å². The van der Waals surface area contributed by atoms with Crippen LogP contribution in [0.1, 0.15) is 16.1 Å². The molecular formula is C15H12FN5O3. The molecule has 0 unspecified atom stereocenters. The molecule has 0 spiro atoms. The Bertz CT molecular complexity index is 983. The number of nitrogens with one attached hydrogen (secondary N) is 1. The van der Waals surface area contributed by atoms with Gasteiger partial charge in [-0.3, -0.25) is 19.6 Å². The number of pyridine rings is 1. The van der Waals surface area contributed by atoms with Gasteiger partial charge < -0.3 is 5.32 Å². The molecule has 1 aromatic carbocycles. The number of amides is 1. The van der Waals surface area contributed by atoms with E-state index in [1.165, 1.54) is 6.20 Å². The first-order chi connectivity index (χ1) is 11.4. The lowest BCUT2D eigenvalue weighted by Gasteiger charge is -2.06. The third kappa shape index (κ3) is 2.67. The monoisotopic (exact) mass is 329 g/mol. The van der Waals surface area contributed by atoms with Crippen molar-refractivity contribution in [2.24, 2.45) is 7.05 Å². The van der Waals surface area contributed by atoms with Crippen molar-refractivity contribution < 1.29 is 14.1 Å². The molecule has 0 fully saturated rings. The molecule has 3 aromatic rings. The van der Waals surface area contributed by atoms with Gasteiger partial charge in [-0.05, 0) is 19.1 Å². The highest BCUT2D eigenvalue weighted by molar-refractivity contribution is 6.06. The van der Waals surface area contributed by atoms with E-state index in [9.17, 15) is 19.3 Å². The lowest BCUT2D eigenvalue weighted by atomic mass is 10.2. The second kappa shape index (κ2) is 5.69. The van der Waals surface area contributed by atoms with E-state index in [1.807, 2.05) is 0 Å². The SMILES string of the molecule is Cc1nn(C)c2ncc(C(=O)Nc3cc([N+](=O)[O-])ccc3F)cc12. The molecular weight excluding hydrogens is 317 g/mol. The van der Waals surface area contributed by atoms with Crippen LogP contribution in [-0.4, -0.2) is 25.6 Å². The number of aryl methyl sites for hydroxylation is 2. The summed E-state index contributed by atoms with van der Waals surface area (Å²) in [7, 11) is 1.74. The number of carbonyl (C=O) groups excluding carboxylic acids is 1. The first-order valence-corrected chi connectivity index (χ1v) is 6.91. The molecule has 0 bridgehead atoms. The second-order valence-electron chi connectivity index (χ2n) is 5.18. The predicted molar refractivity (Wildman–Crippen MR) is 84.3 cm³/mol. The minimum absolute atomic E-state index is 0.199. The molecule has 0 aliphatic rings. The summed E-state index contributed by atoms with van der Waals surface area (Å²) in [6.45, 7) is 1.78. The summed E-state index contributed by atoms with van der Waals surface area (Å²) in [4.78, 5) is 26.6. The number of aromatic nitrogens is 3. The maximum absolute atomic E-state index is 13.8. The predicted octanol–water partition coefficient (Wildman–Crippen LogP) is 2.58. The van der Waals surface area contributed by atoms with Crippen molar-refractivity contribution in [2.45, 2.75) is 6.92 Å². The number of rotatable bonds is 3. The first-order valence-electron chi connectivity index (χ1n) is 6.91. The van der Waals surface area contributed by atoms with Gasteiger partial charge in [0, 0.05) is 30.8 Å². The fraction of sp³-hybridized carbons (Fsp3) is 0.133. The Morgan fingerprint density at radius 3 is 2.83 bits per heavy atom. The largest absolute Gasteiger partial charge is 0.319 e. The van der Waals surface area contributed by atoms with E-state index in [2.05, 4.69) is 15.4 Å². The Labute approximate surface area is 135 Å². The van der Waals surface area contributed by atoms with E-state index in [4.69, 9.17) is 0 Å². The van der Waals surface area contributed by atoms with Crippen LogP contribution in [0.15, 0.2) is 30.5 Å². The maximum Gasteiger partial charge on any atom is 0.271 e. The molecule has 0 aliphatic carbocycles. The smallest absolute Gasteiger partial charge is 0.271 e. The summed E-state index contributed by atoms with van der Waals surface area (Å²) >= 11 is 0. The number of nitrogens with zero attached hydrogens (tertiary/aromatic N) is 4. The first kappa shape index (κ1) is 15.5. The highest BCUT2D eigenvalue weighted by Gasteiger charge is 2.16. The van der Waals surface area contributed by atoms with Gasteiger partial charge in [-0.15, -0.1) is 0 Å². The molecule has 0 saturated heterocycles. The summed E-state index contributed by atoms with van der Waals surface area (Å²) in [6, 6.07) is 4.52. The molecule has 1 N–H and O–H groups in total. The minimum atomic E-state index is -0.763. The second-order valence-corrected chi connectivity index (χ2v) is 5.18. The highest BCUT2D eigenvalue weighted by Crippen LogP contribution is 2.22. The maximum atomic E-state index is 13.8. The van der Waals surface area contributed by atoms with Gasteiger partial charge in [0.1, 0.15) is 5.82 Å². The number of fused-ring (bicyclic) bond motifs is 1. The van der Waals surface area contributed by atoms with Crippen LogP contribution >= 0.6 is 0 Å². The van der Waals surface area contributed by atoms with Gasteiger partial charge in [0.05, 0.1) is 21.9 Å². The van der Waals surface area contributed by atoms with E-state index in [0.29, 0.717) is 16.7 Å². The number of halogens is 1. The van der Waals surface area contributed by atoms with Crippen molar-refractivity contribution in [1.29, 1.82) is 0 Å². The zero-order chi connectivity index (χ0) is 17.4. The van der Waals surface area contributed by atoms with Gasteiger partial charge in [-0.1, -0.05) is 0 Å². The molecule has 2 heterocycles. The number of non-ortho nitro benzene ring substituents is 1. The summed E-state index contributed by atoms with van der Waals surface area (Å²) < 4.78 is 15.4. The van der Waals surface area contributed by atoms with Crippen LogP contribution in [0.3, 0.4) is 0 Å². The van der Waals surface area contributed by atoms with Crippen molar-refractivity contribution in [3.63, 3.8) is 0 Å². The molecule has 1 amide bonds. The van der Waals surface area contributed by atoms with Crippen molar-refractivity contribution in [1.82, 2.24) is 14.8 Å². The minimum Gasteiger partial charge on any atom is -0.319 e. The summed E-state index contributed by atoms with van der Waals surface area (Å²) in [5, 5.41) is 18.0. The summed E-state index contributed by atoms with van der Waals surface area (Å²) in [5.74, 6) is -1.38. The van der Waals surface area contributed by atoms with E-state index < -0.39 is 16.6 Å². The van der Waals surface area contributed by atoms with Crippen molar-refractivity contribution in [3.05, 3.63) is 57.7 Å². The number of carbonyl (C=O) groups is 1. The Balaban J connectivity index is 1.94. The molecule has 0 aliphatic heterocycles. The van der Waals surface area contributed by atoms with E-state index in [1.54, 1.807) is 24.7 Å². The van der Waals surface area contributed by atoms with E-state index in [0.717, 1.165) is 18.2 Å². The van der Waals surface area contributed by atoms with E-state index >= 15 is 0 Å². The molecule has 24 heavy (non-hydrogen) atoms. The van der Waals surface area contributed by atoms with E-state index in [-0.39, 0.29) is 16.9 Å². The zero-order valence-electron chi connectivity index (χ0n) is 12.8. The van der Waals surface area contributed by atoms with Crippen LogP contribution in [-0.2, 0) is 7.05 Å². The van der Waals surface area contributed by atoms with Gasteiger partial charge in [0.15, 0.2) is 5.65 Å².